The van der Waals surface area contributed by atoms with Gasteiger partial charge in [-0.05, 0) is 63.0 Å². The van der Waals surface area contributed by atoms with E-state index in [4.69, 9.17) is 4.74 Å². The molecule has 2 N–H and O–H groups in total. The molecule has 1 fully saturated rings. The van der Waals surface area contributed by atoms with Gasteiger partial charge in [0.05, 0.1) is 0 Å². The largest absolute Gasteiger partial charge is 0.444 e. The second-order valence-electron chi connectivity index (χ2n) is 11.2. The molecule has 0 saturated heterocycles. The first-order chi connectivity index (χ1) is 16.9. The van der Waals surface area contributed by atoms with E-state index in [1.54, 1.807) is 25.7 Å². The number of alkyl carbamates (subject to hydrolysis) is 1. The van der Waals surface area contributed by atoms with Gasteiger partial charge in [0, 0.05) is 12.6 Å². The Morgan fingerprint density at radius 1 is 1.11 bits per heavy atom. The van der Waals surface area contributed by atoms with Crippen molar-refractivity contribution in [2.24, 2.45) is 11.8 Å². The van der Waals surface area contributed by atoms with Gasteiger partial charge in [0.1, 0.15) is 17.7 Å². The van der Waals surface area contributed by atoms with Gasteiger partial charge in [-0.3, -0.25) is 9.59 Å². The van der Waals surface area contributed by atoms with E-state index in [0.717, 1.165) is 31.2 Å². The standard InChI is InChI=1S/C29H47N3O4/c1-9-12-17-30-26(33)25(22-15-13-21(11-3)14-16-22)32(23-18-20(23)5)27(34)24(19(4)10-2)31-28(35)36-29(6,7)8/h13-16,19-20,23-25H,9-12,17-18H2,1-8H3,(H,30,33)(H,31,35). The van der Waals surface area contributed by atoms with Gasteiger partial charge in [-0.25, -0.2) is 4.79 Å². The highest BCUT2D eigenvalue weighted by Crippen LogP contribution is 2.41. The van der Waals surface area contributed by atoms with Gasteiger partial charge in [0.15, 0.2) is 0 Å². The van der Waals surface area contributed by atoms with Gasteiger partial charge in [0.25, 0.3) is 0 Å². The summed E-state index contributed by atoms with van der Waals surface area (Å²) >= 11 is 0. The second-order valence-corrected chi connectivity index (χ2v) is 11.2. The van der Waals surface area contributed by atoms with Crippen molar-refractivity contribution in [2.45, 2.75) is 111 Å². The van der Waals surface area contributed by atoms with Crippen LogP contribution in [0.4, 0.5) is 4.79 Å². The van der Waals surface area contributed by atoms with E-state index in [1.165, 1.54) is 5.56 Å². The molecule has 5 atom stereocenters. The predicted molar refractivity (Wildman–Crippen MR) is 144 cm³/mol. The van der Waals surface area contributed by atoms with Crippen LogP contribution in [0.5, 0.6) is 0 Å². The number of benzene rings is 1. The first-order valence-electron chi connectivity index (χ1n) is 13.6. The molecule has 7 nitrogen and oxygen atoms in total. The lowest BCUT2D eigenvalue weighted by atomic mass is 9.95. The summed E-state index contributed by atoms with van der Waals surface area (Å²) < 4.78 is 5.47. The molecule has 0 bridgehead atoms. The number of carbonyl (C=O) groups is 3. The minimum Gasteiger partial charge on any atom is -0.444 e. The lowest BCUT2D eigenvalue weighted by molar-refractivity contribution is -0.144. The maximum atomic E-state index is 14.2. The number of nitrogens with zero attached hydrogens (tertiary/aromatic N) is 1. The molecular weight excluding hydrogens is 454 g/mol. The zero-order valence-electron chi connectivity index (χ0n) is 23.5. The molecule has 202 valence electrons. The van der Waals surface area contributed by atoms with Crippen LogP contribution in [0, 0.1) is 11.8 Å². The number of unbranched alkanes of at least 4 members (excludes halogenated alkanes) is 1. The van der Waals surface area contributed by atoms with Gasteiger partial charge >= 0.3 is 6.09 Å². The molecule has 0 heterocycles. The van der Waals surface area contributed by atoms with Crippen LogP contribution in [-0.2, 0) is 20.7 Å². The van der Waals surface area contributed by atoms with Crippen molar-refractivity contribution in [1.82, 2.24) is 15.5 Å². The molecule has 2 rings (SSSR count). The smallest absolute Gasteiger partial charge is 0.408 e. The summed E-state index contributed by atoms with van der Waals surface area (Å²) in [5.41, 5.74) is 1.28. The molecule has 0 aromatic heterocycles. The normalized spacial score (nSPS) is 19.6. The summed E-state index contributed by atoms with van der Waals surface area (Å²) in [5, 5.41) is 5.89. The number of rotatable bonds is 12. The van der Waals surface area contributed by atoms with Gasteiger partial charge in [0.2, 0.25) is 11.8 Å². The first kappa shape index (κ1) is 29.7. The molecule has 0 aliphatic heterocycles. The van der Waals surface area contributed by atoms with E-state index in [2.05, 4.69) is 31.4 Å². The van der Waals surface area contributed by atoms with E-state index in [9.17, 15) is 14.4 Å². The molecule has 0 spiro atoms. The Balaban J connectivity index is 2.47. The average molecular weight is 502 g/mol. The van der Waals surface area contributed by atoms with Crippen molar-refractivity contribution < 1.29 is 19.1 Å². The minimum absolute atomic E-state index is 0.0581. The number of aryl methyl sites for hydroxylation is 1. The Kier molecular flexibility index (Phi) is 10.8. The summed E-state index contributed by atoms with van der Waals surface area (Å²) in [6.45, 7) is 16.1. The second kappa shape index (κ2) is 13.1. The van der Waals surface area contributed by atoms with Gasteiger partial charge in [-0.15, -0.1) is 0 Å². The van der Waals surface area contributed by atoms with Crippen molar-refractivity contribution >= 4 is 17.9 Å². The van der Waals surface area contributed by atoms with Crippen LogP contribution in [0.2, 0.25) is 0 Å². The third kappa shape index (κ3) is 8.24. The third-order valence-corrected chi connectivity index (χ3v) is 6.89. The Bertz CT molecular complexity index is 878. The fourth-order valence-electron chi connectivity index (χ4n) is 4.31. The number of ether oxygens (including phenoxy) is 1. The van der Waals surface area contributed by atoms with Crippen LogP contribution >= 0.6 is 0 Å². The molecule has 7 heteroatoms. The number of amides is 3. The van der Waals surface area contributed by atoms with E-state index in [-0.39, 0.29) is 29.7 Å². The Hall–Kier alpha value is -2.57. The Morgan fingerprint density at radius 2 is 1.72 bits per heavy atom. The summed E-state index contributed by atoms with van der Waals surface area (Å²) in [5.74, 6) is -0.262. The van der Waals surface area contributed by atoms with E-state index in [1.807, 2.05) is 38.1 Å². The zero-order chi connectivity index (χ0) is 27.0. The van der Waals surface area contributed by atoms with Crippen molar-refractivity contribution in [3.8, 4) is 0 Å². The molecule has 1 saturated carbocycles. The van der Waals surface area contributed by atoms with Crippen LogP contribution in [0.3, 0.4) is 0 Å². The lowest BCUT2D eigenvalue weighted by Crippen LogP contribution is -2.56. The summed E-state index contributed by atoms with van der Waals surface area (Å²) in [6, 6.07) is 6.33. The van der Waals surface area contributed by atoms with Crippen molar-refractivity contribution in [3.63, 3.8) is 0 Å². The molecular formula is C29H47N3O4. The lowest BCUT2D eigenvalue weighted by Gasteiger charge is -2.36. The van der Waals surface area contributed by atoms with Crippen LogP contribution in [0.1, 0.15) is 98.2 Å². The summed E-state index contributed by atoms with van der Waals surface area (Å²) in [6.07, 6.45) is 3.63. The van der Waals surface area contributed by atoms with Crippen molar-refractivity contribution in [2.75, 3.05) is 6.54 Å². The first-order valence-corrected chi connectivity index (χ1v) is 13.6. The van der Waals surface area contributed by atoms with Crippen LogP contribution < -0.4 is 10.6 Å². The number of hydrogen-bond acceptors (Lipinski definition) is 4. The highest BCUT2D eigenvalue weighted by atomic mass is 16.6. The molecule has 3 amide bonds. The van der Waals surface area contributed by atoms with Crippen LogP contribution in [0.25, 0.3) is 0 Å². The molecule has 1 aromatic rings. The molecule has 36 heavy (non-hydrogen) atoms. The zero-order valence-corrected chi connectivity index (χ0v) is 23.5. The molecule has 1 aliphatic carbocycles. The van der Waals surface area contributed by atoms with E-state index >= 15 is 0 Å². The molecule has 1 aliphatic rings. The maximum Gasteiger partial charge on any atom is 0.408 e. The Morgan fingerprint density at radius 3 is 2.19 bits per heavy atom. The third-order valence-electron chi connectivity index (χ3n) is 6.89. The maximum absolute atomic E-state index is 14.2. The average Bonchev–Trinajstić information content (AvgIpc) is 3.54. The quantitative estimate of drug-likeness (QED) is 0.376. The van der Waals surface area contributed by atoms with Gasteiger partial charge in [-0.1, -0.05) is 71.7 Å². The Labute approximate surface area is 217 Å². The van der Waals surface area contributed by atoms with Gasteiger partial charge < -0.3 is 20.3 Å². The van der Waals surface area contributed by atoms with E-state index < -0.39 is 23.8 Å². The minimum atomic E-state index is -0.793. The van der Waals surface area contributed by atoms with E-state index in [0.29, 0.717) is 13.0 Å². The SMILES string of the molecule is CCCCNC(=O)C(c1ccc(CC)cc1)N(C(=O)C(NC(=O)OC(C)(C)C)C(C)CC)C1CC1C. The summed E-state index contributed by atoms with van der Waals surface area (Å²) in [7, 11) is 0. The molecule has 5 unspecified atom stereocenters. The van der Waals surface area contributed by atoms with Crippen LogP contribution in [0.15, 0.2) is 24.3 Å². The highest BCUT2D eigenvalue weighted by Gasteiger charge is 2.48. The summed E-state index contributed by atoms with van der Waals surface area (Å²) in [4.78, 5) is 42.3. The molecule has 0 radical (unpaired) electrons. The van der Waals surface area contributed by atoms with Crippen molar-refractivity contribution in [3.05, 3.63) is 35.4 Å². The number of carbonyl (C=O) groups excluding carboxylic acids is 3. The number of hydrogen-bond donors (Lipinski definition) is 2. The molecule has 1 aromatic carbocycles. The van der Waals surface area contributed by atoms with Crippen molar-refractivity contribution in [1.29, 1.82) is 0 Å². The fraction of sp³-hybridized carbons (Fsp3) is 0.690. The highest BCUT2D eigenvalue weighted by molar-refractivity contribution is 5.92. The number of nitrogens with one attached hydrogen (secondary N) is 2. The van der Waals surface area contributed by atoms with Gasteiger partial charge in [-0.2, -0.15) is 0 Å². The topological polar surface area (TPSA) is 87.7 Å². The fourth-order valence-corrected chi connectivity index (χ4v) is 4.31. The predicted octanol–water partition coefficient (Wildman–Crippen LogP) is 5.38. The monoisotopic (exact) mass is 501 g/mol. The van der Waals surface area contributed by atoms with Crippen LogP contribution in [-0.4, -0.2) is 47.0 Å².